The van der Waals surface area contributed by atoms with Crippen LogP contribution in [0.5, 0.6) is 0 Å². The van der Waals surface area contributed by atoms with E-state index in [1.54, 1.807) is 6.92 Å². The van der Waals surface area contributed by atoms with E-state index < -0.39 is 12.0 Å². The monoisotopic (exact) mass is 230 g/mol. The lowest BCUT2D eigenvalue weighted by molar-refractivity contribution is -0.142. The van der Waals surface area contributed by atoms with Gasteiger partial charge in [0.1, 0.15) is 6.04 Å². The van der Waals surface area contributed by atoms with Crippen LogP contribution in [0.2, 0.25) is 0 Å². The number of nitrogens with one attached hydrogen (secondary N) is 3. The molecule has 7 heteroatoms. The first-order valence-electron chi connectivity index (χ1n) is 5.07. The molecule has 0 bridgehead atoms. The second kappa shape index (κ2) is 7.49. The topological polar surface area (TPSA) is 128 Å². The molecule has 0 aliphatic heterocycles. The van der Waals surface area contributed by atoms with Gasteiger partial charge < -0.3 is 21.5 Å². The Morgan fingerprint density at radius 3 is 2.56 bits per heavy atom. The van der Waals surface area contributed by atoms with Crippen molar-refractivity contribution >= 4 is 17.8 Å². The van der Waals surface area contributed by atoms with Gasteiger partial charge in [-0.2, -0.15) is 0 Å². The van der Waals surface area contributed by atoms with Gasteiger partial charge in [-0.3, -0.25) is 10.2 Å². The minimum atomic E-state index is -1.05. The molecule has 7 nitrogen and oxygen atoms in total. The van der Waals surface area contributed by atoms with Crippen LogP contribution in [-0.2, 0) is 9.59 Å². The molecule has 1 amide bonds. The average molecular weight is 230 g/mol. The van der Waals surface area contributed by atoms with Crippen LogP contribution in [0.4, 0.5) is 0 Å². The Morgan fingerprint density at radius 2 is 2.12 bits per heavy atom. The Kier molecular flexibility index (Phi) is 6.66. The number of carbonyl (C=O) groups is 2. The van der Waals surface area contributed by atoms with Gasteiger partial charge in [0.05, 0.1) is 0 Å². The summed E-state index contributed by atoms with van der Waals surface area (Å²) in [5.74, 6) is -1.49. The van der Waals surface area contributed by atoms with Crippen LogP contribution >= 0.6 is 0 Å². The predicted octanol–water partition coefficient (Wildman–Crippen LogP) is -0.771. The quantitative estimate of drug-likeness (QED) is 0.223. The Morgan fingerprint density at radius 1 is 1.50 bits per heavy atom. The maximum absolute atomic E-state index is 11.0. The number of rotatable bonds is 7. The van der Waals surface area contributed by atoms with E-state index in [4.69, 9.17) is 16.2 Å². The molecule has 0 saturated heterocycles. The number of nitrogens with two attached hydrogens (primary N) is 1. The number of hydrogen-bond acceptors (Lipinski definition) is 3. The molecule has 0 heterocycles. The molecular formula is C9H18N4O3. The van der Waals surface area contributed by atoms with Gasteiger partial charge >= 0.3 is 5.97 Å². The molecule has 0 radical (unpaired) electrons. The average Bonchev–Trinajstić information content (AvgIpc) is 2.21. The van der Waals surface area contributed by atoms with Crippen molar-refractivity contribution in [3.05, 3.63) is 0 Å². The molecule has 0 unspecified atom stereocenters. The van der Waals surface area contributed by atoms with Crippen molar-refractivity contribution < 1.29 is 14.7 Å². The highest BCUT2D eigenvalue weighted by Gasteiger charge is 2.18. The lowest BCUT2D eigenvalue weighted by Crippen LogP contribution is -2.41. The van der Waals surface area contributed by atoms with Gasteiger partial charge in [-0.15, -0.1) is 0 Å². The van der Waals surface area contributed by atoms with E-state index >= 15 is 0 Å². The third-order valence-corrected chi connectivity index (χ3v) is 1.94. The van der Waals surface area contributed by atoms with Crippen molar-refractivity contribution in [3.8, 4) is 0 Å². The summed E-state index contributed by atoms with van der Waals surface area (Å²) in [6, 6.07) is -0.874. The van der Waals surface area contributed by atoms with Gasteiger partial charge in [0.2, 0.25) is 5.91 Å². The number of guanidine groups is 1. The zero-order chi connectivity index (χ0) is 12.6. The number of carboxylic acids is 1. The number of carbonyl (C=O) groups excluding carboxylic acids is 1. The number of hydrogen-bond donors (Lipinski definition) is 5. The predicted molar refractivity (Wildman–Crippen MR) is 59.0 cm³/mol. The summed E-state index contributed by atoms with van der Waals surface area (Å²) in [6.07, 6.45) is 1.08. The highest BCUT2D eigenvalue weighted by atomic mass is 16.4. The van der Waals surface area contributed by atoms with Gasteiger partial charge in [0.15, 0.2) is 5.96 Å². The second-order valence-electron chi connectivity index (χ2n) is 3.29. The summed E-state index contributed by atoms with van der Waals surface area (Å²) < 4.78 is 0. The van der Waals surface area contributed by atoms with Crippen molar-refractivity contribution in [2.75, 3.05) is 6.54 Å². The fourth-order valence-electron chi connectivity index (χ4n) is 1.08. The second-order valence-corrected chi connectivity index (χ2v) is 3.29. The summed E-state index contributed by atoms with van der Waals surface area (Å²) in [7, 11) is 0. The van der Waals surface area contributed by atoms with Crippen LogP contribution < -0.4 is 16.4 Å². The third-order valence-electron chi connectivity index (χ3n) is 1.94. The lowest BCUT2D eigenvalue weighted by atomic mass is 10.1. The van der Waals surface area contributed by atoms with E-state index in [9.17, 15) is 9.59 Å². The van der Waals surface area contributed by atoms with E-state index in [1.165, 1.54) is 0 Å². The molecule has 0 fully saturated rings. The fourth-order valence-corrected chi connectivity index (χ4v) is 1.08. The Labute approximate surface area is 93.9 Å². The Balaban J connectivity index is 3.90. The Bertz CT molecular complexity index is 267. The zero-order valence-electron chi connectivity index (χ0n) is 9.25. The first-order valence-corrected chi connectivity index (χ1v) is 5.07. The van der Waals surface area contributed by atoms with E-state index in [-0.39, 0.29) is 18.3 Å². The molecule has 6 N–H and O–H groups in total. The minimum absolute atomic E-state index is 0.149. The van der Waals surface area contributed by atoms with Crippen LogP contribution in [-0.4, -0.2) is 35.5 Å². The van der Waals surface area contributed by atoms with Crippen molar-refractivity contribution in [3.63, 3.8) is 0 Å². The standard InChI is InChI=1S/C9H18N4O3/c1-2-7(14)13-6(8(15)16)4-3-5-12-9(10)11/h6H,2-5H2,1H3,(H,13,14)(H,15,16)(H4,10,11,12)/t6-/m0/s1. The van der Waals surface area contributed by atoms with Gasteiger partial charge in [-0.25, -0.2) is 4.79 Å². The van der Waals surface area contributed by atoms with Gasteiger partial charge in [-0.05, 0) is 12.8 Å². The van der Waals surface area contributed by atoms with Crippen molar-refractivity contribution in [1.29, 1.82) is 5.41 Å². The summed E-state index contributed by atoms with van der Waals surface area (Å²) >= 11 is 0. The molecule has 16 heavy (non-hydrogen) atoms. The van der Waals surface area contributed by atoms with Crippen molar-refractivity contribution in [2.24, 2.45) is 5.73 Å². The molecule has 92 valence electrons. The first-order chi connectivity index (χ1) is 7.47. The van der Waals surface area contributed by atoms with Crippen molar-refractivity contribution in [2.45, 2.75) is 32.2 Å². The lowest BCUT2D eigenvalue weighted by Gasteiger charge is -2.13. The highest BCUT2D eigenvalue weighted by Crippen LogP contribution is 1.97. The van der Waals surface area contributed by atoms with Gasteiger partial charge in [0.25, 0.3) is 0 Å². The fraction of sp³-hybridized carbons (Fsp3) is 0.667. The molecule has 0 rings (SSSR count). The van der Waals surface area contributed by atoms with Crippen LogP contribution in [0.15, 0.2) is 0 Å². The highest BCUT2D eigenvalue weighted by molar-refractivity contribution is 5.83. The van der Waals surface area contributed by atoms with Gasteiger partial charge in [0, 0.05) is 13.0 Å². The molecule has 0 saturated carbocycles. The molecule has 0 aromatic rings. The number of amides is 1. The van der Waals surface area contributed by atoms with E-state index in [2.05, 4.69) is 10.6 Å². The van der Waals surface area contributed by atoms with Crippen LogP contribution in [0.3, 0.4) is 0 Å². The Hall–Kier alpha value is -1.79. The molecular weight excluding hydrogens is 212 g/mol. The van der Waals surface area contributed by atoms with Gasteiger partial charge in [-0.1, -0.05) is 6.92 Å². The van der Waals surface area contributed by atoms with Crippen LogP contribution in [0, 0.1) is 5.41 Å². The molecule has 0 aromatic heterocycles. The largest absolute Gasteiger partial charge is 0.480 e. The van der Waals surface area contributed by atoms with E-state index in [0.717, 1.165) is 0 Å². The first kappa shape index (κ1) is 14.2. The molecule has 0 aliphatic rings. The SMILES string of the molecule is CCC(=O)N[C@@H](CCCNC(=N)N)C(=O)O. The summed E-state index contributed by atoms with van der Waals surface area (Å²) in [4.78, 5) is 21.8. The van der Waals surface area contributed by atoms with E-state index in [1.807, 2.05) is 0 Å². The van der Waals surface area contributed by atoms with E-state index in [0.29, 0.717) is 19.4 Å². The molecule has 1 atom stereocenters. The zero-order valence-corrected chi connectivity index (χ0v) is 9.25. The molecule has 0 aliphatic carbocycles. The summed E-state index contributed by atoms with van der Waals surface area (Å²) in [5, 5.41) is 20.7. The summed E-state index contributed by atoms with van der Waals surface area (Å²) in [5.41, 5.74) is 5.06. The number of aliphatic carboxylic acids is 1. The summed E-state index contributed by atoms with van der Waals surface area (Å²) in [6.45, 7) is 2.08. The number of carboxylic acid groups (broad SMARTS) is 1. The maximum atomic E-state index is 11.0. The van der Waals surface area contributed by atoms with Crippen LogP contribution in [0.1, 0.15) is 26.2 Å². The normalized spacial score (nSPS) is 11.6. The third kappa shape index (κ3) is 6.63. The van der Waals surface area contributed by atoms with Crippen molar-refractivity contribution in [1.82, 2.24) is 10.6 Å². The minimum Gasteiger partial charge on any atom is -0.480 e. The molecule has 0 spiro atoms. The smallest absolute Gasteiger partial charge is 0.326 e. The maximum Gasteiger partial charge on any atom is 0.326 e. The molecule has 0 aromatic carbocycles. The van der Waals surface area contributed by atoms with Crippen LogP contribution in [0.25, 0.3) is 0 Å².